The second-order valence-corrected chi connectivity index (χ2v) is 11.3. The van der Waals surface area contributed by atoms with Gasteiger partial charge in [-0.3, -0.25) is 9.69 Å². The first-order valence-electron chi connectivity index (χ1n) is 12.6. The summed E-state index contributed by atoms with van der Waals surface area (Å²) >= 11 is 0. The second-order valence-electron chi connectivity index (χ2n) is 11.3. The summed E-state index contributed by atoms with van der Waals surface area (Å²) in [5.41, 5.74) is 2.57. The molecule has 2 N–H and O–H groups in total. The average molecular weight is 445 g/mol. The number of benzene rings is 2. The van der Waals surface area contributed by atoms with Crippen molar-refractivity contribution in [3.8, 4) is 5.75 Å². The van der Waals surface area contributed by atoms with Crippen LogP contribution in [0.3, 0.4) is 0 Å². The Morgan fingerprint density at radius 2 is 1.97 bits per heavy atom. The molecular weight excluding hydrogens is 412 g/mol. The monoisotopic (exact) mass is 444 g/mol. The summed E-state index contributed by atoms with van der Waals surface area (Å²) in [7, 11) is 0. The number of phenols is 1. The van der Waals surface area contributed by atoms with Gasteiger partial charge in [0, 0.05) is 23.6 Å². The minimum atomic E-state index is -0.363. The van der Waals surface area contributed by atoms with Gasteiger partial charge in [0.1, 0.15) is 5.75 Å². The molecule has 3 saturated heterocycles. The molecule has 5 fully saturated rings. The number of hydrogen-bond acceptors (Lipinski definition) is 4. The third-order valence-electron chi connectivity index (χ3n) is 9.46. The molecule has 3 aliphatic carbocycles. The van der Waals surface area contributed by atoms with Gasteiger partial charge in [0.2, 0.25) is 0 Å². The van der Waals surface area contributed by atoms with Crippen LogP contribution in [0.25, 0.3) is 0 Å². The van der Waals surface area contributed by atoms with Crippen LogP contribution in [0.15, 0.2) is 48.5 Å². The maximum absolute atomic E-state index is 13.2. The number of amides is 1. The molecule has 33 heavy (non-hydrogen) atoms. The topological polar surface area (TPSA) is 61.8 Å². The van der Waals surface area contributed by atoms with E-state index >= 15 is 0 Å². The molecule has 5 heteroatoms. The summed E-state index contributed by atoms with van der Waals surface area (Å²) in [6, 6.07) is 15.9. The fourth-order valence-electron chi connectivity index (χ4n) is 7.79. The second kappa shape index (κ2) is 6.83. The van der Waals surface area contributed by atoms with Crippen molar-refractivity contribution in [3.05, 3.63) is 65.2 Å². The van der Waals surface area contributed by atoms with Crippen molar-refractivity contribution in [3.63, 3.8) is 0 Å². The molecule has 2 aromatic rings. The highest BCUT2D eigenvalue weighted by Crippen LogP contribution is 2.65. The lowest BCUT2D eigenvalue weighted by atomic mass is 9.45. The van der Waals surface area contributed by atoms with E-state index in [0.29, 0.717) is 24.0 Å². The molecule has 3 aliphatic heterocycles. The van der Waals surface area contributed by atoms with E-state index in [1.165, 1.54) is 30.5 Å². The van der Waals surface area contributed by atoms with Crippen LogP contribution in [0, 0.1) is 5.92 Å². The Kier molecular flexibility index (Phi) is 4.15. The summed E-state index contributed by atoms with van der Waals surface area (Å²) in [6.45, 7) is 2.84. The lowest BCUT2D eigenvalue weighted by Gasteiger charge is -2.71. The standard InChI is InChI=1S/C28H32N2O3/c31-22-9-8-21-14-24-28-11-10-26(18-33-28,29-25(32)20-4-2-1-3-5-20)17-27(28,23(21)15-22)12-13-30(24)16-19-6-7-19/h1-5,8-9,15,19,24,31H,6-7,10-14,16-18H2,(H,29,32)/t24-,26+,27-,28-/m1/s1. The van der Waals surface area contributed by atoms with Crippen molar-refractivity contribution in [1.82, 2.24) is 10.2 Å². The van der Waals surface area contributed by atoms with Crippen molar-refractivity contribution < 1.29 is 14.6 Å². The normalized spacial score (nSPS) is 36.7. The van der Waals surface area contributed by atoms with E-state index in [2.05, 4.69) is 16.3 Å². The number of aromatic hydroxyl groups is 1. The summed E-state index contributed by atoms with van der Waals surface area (Å²) in [4.78, 5) is 15.9. The van der Waals surface area contributed by atoms with Crippen molar-refractivity contribution >= 4 is 5.91 Å². The van der Waals surface area contributed by atoms with Crippen LogP contribution < -0.4 is 5.32 Å². The van der Waals surface area contributed by atoms with E-state index in [1.54, 1.807) is 0 Å². The predicted octanol–water partition coefficient (Wildman–Crippen LogP) is 3.79. The molecule has 1 spiro atoms. The molecule has 6 aliphatic rings. The van der Waals surface area contributed by atoms with E-state index in [0.717, 1.165) is 44.6 Å². The Bertz CT molecular complexity index is 1100. The Labute approximate surface area is 195 Å². The predicted molar refractivity (Wildman–Crippen MR) is 125 cm³/mol. The lowest BCUT2D eigenvalue weighted by molar-refractivity contribution is -0.261. The highest BCUT2D eigenvalue weighted by atomic mass is 16.5. The van der Waals surface area contributed by atoms with E-state index in [9.17, 15) is 9.90 Å². The molecule has 4 bridgehead atoms. The van der Waals surface area contributed by atoms with Gasteiger partial charge in [-0.2, -0.15) is 0 Å². The van der Waals surface area contributed by atoms with E-state index in [4.69, 9.17) is 4.74 Å². The largest absolute Gasteiger partial charge is 0.508 e. The molecule has 0 aromatic heterocycles. The maximum Gasteiger partial charge on any atom is 0.251 e. The number of hydrogen-bond donors (Lipinski definition) is 2. The molecule has 0 radical (unpaired) electrons. The number of nitrogens with zero attached hydrogens (tertiary/aromatic N) is 1. The summed E-state index contributed by atoms with van der Waals surface area (Å²) < 4.78 is 6.96. The highest BCUT2D eigenvalue weighted by Gasteiger charge is 2.71. The van der Waals surface area contributed by atoms with E-state index < -0.39 is 0 Å². The maximum atomic E-state index is 13.2. The van der Waals surface area contributed by atoms with Crippen LogP contribution >= 0.6 is 0 Å². The van der Waals surface area contributed by atoms with Gasteiger partial charge in [-0.05, 0) is 92.8 Å². The van der Waals surface area contributed by atoms with Gasteiger partial charge in [-0.1, -0.05) is 24.3 Å². The zero-order valence-electron chi connectivity index (χ0n) is 19.1. The molecule has 5 nitrogen and oxygen atoms in total. The van der Waals surface area contributed by atoms with Crippen molar-refractivity contribution in [2.75, 3.05) is 19.7 Å². The Hall–Kier alpha value is -2.37. The van der Waals surface area contributed by atoms with Gasteiger partial charge in [-0.15, -0.1) is 0 Å². The Morgan fingerprint density at radius 3 is 2.73 bits per heavy atom. The van der Waals surface area contributed by atoms with Gasteiger partial charge in [0.25, 0.3) is 5.91 Å². The minimum absolute atomic E-state index is 0.0142. The van der Waals surface area contributed by atoms with Crippen molar-refractivity contribution in [2.45, 2.75) is 67.5 Å². The van der Waals surface area contributed by atoms with Crippen molar-refractivity contribution in [1.29, 1.82) is 0 Å². The molecule has 172 valence electrons. The Balaban J connectivity index is 1.29. The molecule has 8 rings (SSSR count). The number of ether oxygens (including phenoxy) is 1. The number of piperidine rings is 1. The first-order chi connectivity index (χ1) is 16.0. The molecule has 1 amide bonds. The average Bonchev–Trinajstić information content (AvgIpc) is 3.66. The zero-order chi connectivity index (χ0) is 22.3. The third kappa shape index (κ3) is 2.82. The van der Waals surface area contributed by atoms with Crippen LogP contribution in [0.1, 0.15) is 60.0 Å². The number of nitrogens with one attached hydrogen (secondary N) is 1. The van der Waals surface area contributed by atoms with E-state index in [-0.39, 0.29) is 22.5 Å². The number of carbonyl (C=O) groups is 1. The van der Waals surface area contributed by atoms with Gasteiger partial charge >= 0.3 is 0 Å². The molecule has 2 aromatic carbocycles. The number of phenolic OH excluding ortho intramolecular Hbond substituents is 1. The highest BCUT2D eigenvalue weighted by molar-refractivity contribution is 5.94. The van der Waals surface area contributed by atoms with Crippen LogP contribution in [0.2, 0.25) is 0 Å². The zero-order valence-corrected chi connectivity index (χ0v) is 19.1. The van der Waals surface area contributed by atoms with Crippen LogP contribution in [0.4, 0.5) is 0 Å². The fraction of sp³-hybridized carbons (Fsp3) is 0.536. The molecule has 0 unspecified atom stereocenters. The number of fused-ring (bicyclic) bond motifs is 3. The number of carbonyl (C=O) groups excluding carboxylic acids is 1. The summed E-state index contributed by atoms with van der Waals surface area (Å²) in [5.74, 6) is 1.17. The van der Waals surface area contributed by atoms with Crippen LogP contribution in [-0.2, 0) is 16.6 Å². The van der Waals surface area contributed by atoms with Gasteiger partial charge in [0.05, 0.1) is 17.7 Å². The van der Waals surface area contributed by atoms with Gasteiger partial charge < -0.3 is 15.2 Å². The first-order valence-corrected chi connectivity index (χ1v) is 12.6. The molecular formula is C28H32N2O3. The quantitative estimate of drug-likeness (QED) is 0.753. The molecule has 4 atom stereocenters. The first kappa shape index (κ1) is 20.0. The number of rotatable bonds is 4. The molecule has 3 heterocycles. The van der Waals surface area contributed by atoms with Crippen molar-refractivity contribution in [2.24, 2.45) is 5.92 Å². The summed E-state index contributed by atoms with van der Waals surface area (Å²) in [6.07, 6.45) is 7.55. The third-order valence-corrected chi connectivity index (χ3v) is 9.46. The van der Waals surface area contributed by atoms with Gasteiger partial charge in [0.15, 0.2) is 0 Å². The number of likely N-dealkylation sites (tertiary alicyclic amines) is 1. The van der Waals surface area contributed by atoms with Crippen LogP contribution in [0.5, 0.6) is 5.75 Å². The SMILES string of the molecule is O=C(N[C@]12CC[C@@]3(OC1)[C@H]1Cc4ccc(O)cc4[C@@]3(CCN1CC1CC1)C2)c1ccccc1. The minimum Gasteiger partial charge on any atom is -0.508 e. The van der Waals surface area contributed by atoms with Gasteiger partial charge in [-0.25, -0.2) is 0 Å². The van der Waals surface area contributed by atoms with E-state index in [1.807, 2.05) is 42.5 Å². The summed E-state index contributed by atoms with van der Waals surface area (Å²) in [5, 5.41) is 13.9. The fourth-order valence-corrected chi connectivity index (χ4v) is 7.79. The Morgan fingerprint density at radius 1 is 1.12 bits per heavy atom. The lowest BCUT2D eigenvalue weighted by Crippen LogP contribution is -2.81. The van der Waals surface area contributed by atoms with Crippen LogP contribution in [-0.4, -0.2) is 52.8 Å². The molecule has 2 saturated carbocycles. The smallest absolute Gasteiger partial charge is 0.251 e.